The summed E-state index contributed by atoms with van der Waals surface area (Å²) in [5.74, 6) is -0.174. The van der Waals surface area contributed by atoms with Crippen molar-refractivity contribution in [1.82, 2.24) is 10.2 Å². The van der Waals surface area contributed by atoms with Crippen molar-refractivity contribution in [1.29, 1.82) is 0 Å². The van der Waals surface area contributed by atoms with Crippen LogP contribution in [0.3, 0.4) is 0 Å². The third kappa shape index (κ3) is 3.79. The van der Waals surface area contributed by atoms with Gasteiger partial charge in [-0.2, -0.15) is 0 Å². The Kier molecular flexibility index (Phi) is 4.57. The zero-order chi connectivity index (χ0) is 16.9. The zero-order valence-electron chi connectivity index (χ0n) is 12.4. The topological polar surface area (TPSA) is 98.0 Å². The molecule has 0 saturated heterocycles. The SMILES string of the molecule is O=C(Cc1ccccc1)Nc1nnc(-c2ccc([N+](=O)[O-])cc2)s1. The van der Waals surface area contributed by atoms with E-state index in [4.69, 9.17) is 0 Å². The quantitative estimate of drug-likeness (QED) is 0.567. The van der Waals surface area contributed by atoms with Crippen molar-refractivity contribution in [3.8, 4) is 10.6 Å². The molecule has 1 aromatic heterocycles. The molecule has 120 valence electrons. The Morgan fingerprint density at radius 1 is 1.08 bits per heavy atom. The summed E-state index contributed by atoms with van der Waals surface area (Å²) in [6, 6.07) is 15.4. The van der Waals surface area contributed by atoms with Crippen LogP contribution >= 0.6 is 11.3 Å². The summed E-state index contributed by atoms with van der Waals surface area (Å²) in [5, 5.41) is 22.3. The molecule has 1 amide bonds. The molecule has 7 nitrogen and oxygen atoms in total. The van der Waals surface area contributed by atoms with E-state index in [0.717, 1.165) is 5.56 Å². The van der Waals surface area contributed by atoms with Crippen LogP contribution in [0.15, 0.2) is 54.6 Å². The number of rotatable bonds is 5. The van der Waals surface area contributed by atoms with Crippen LogP contribution in [0.25, 0.3) is 10.6 Å². The molecule has 3 aromatic rings. The Labute approximate surface area is 141 Å². The lowest BCUT2D eigenvalue weighted by Gasteiger charge is -2.00. The second kappa shape index (κ2) is 6.97. The van der Waals surface area contributed by atoms with Gasteiger partial charge in [0.25, 0.3) is 5.69 Å². The third-order valence-corrected chi connectivity index (χ3v) is 4.09. The first kappa shape index (κ1) is 15.8. The lowest BCUT2D eigenvalue weighted by atomic mass is 10.1. The largest absolute Gasteiger partial charge is 0.300 e. The second-order valence-corrected chi connectivity index (χ2v) is 5.90. The Balaban J connectivity index is 1.67. The van der Waals surface area contributed by atoms with Gasteiger partial charge in [-0.15, -0.1) is 10.2 Å². The number of aromatic nitrogens is 2. The van der Waals surface area contributed by atoms with E-state index in [1.807, 2.05) is 30.3 Å². The number of nitrogens with one attached hydrogen (secondary N) is 1. The zero-order valence-corrected chi connectivity index (χ0v) is 13.2. The number of nitro groups is 1. The number of benzene rings is 2. The number of carbonyl (C=O) groups excluding carboxylic acids is 1. The van der Waals surface area contributed by atoms with Crippen molar-refractivity contribution in [2.45, 2.75) is 6.42 Å². The van der Waals surface area contributed by atoms with E-state index in [9.17, 15) is 14.9 Å². The van der Waals surface area contributed by atoms with Crippen LogP contribution in [0.4, 0.5) is 10.8 Å². The van der Waals surface area contributed by atoms with Crippen LogP contribution in [0, 0.1) is 10.1 Å². The predicted molar refractivity (Wildman–Crippen MR) is 90.8 cm³/mol. The van der Waals surface area contributed by atoms with E-state index in [0.29, 0.717) is 15.7 Å². The van der Waals surface area contributed by atoms with Gasteiger partial charge in [0.05, 0.1) is 11.3 Å². The molecule has 24 heavy (non-hydrogen) atoms. The van der Waals surface area contributed by atoms with Crippen molar-refractivity contribution in [3.05, 3.63) is 70.3 Å². The van der Waals surface area contributed by atoms with Crippen LogP contribution < -0.4 is 5.32 Å². The van der Waals surface area contributed by atoms with Gasteiger partial charge in [-0.05, 0) is 17.7 Å². The lowest BCUT2D eigenvalue weighted by Crippen LogP contribution is -2.14. The number of nitro benzene ring substituents is 1. The first-order valence-electron chi connectivity index (χ1n) is 7.04. The smallest absolute Gasteiger partial charge is 0.269 e. The average Bonchev–Trinajstić information content (AvgIpc) is 3.04. The van der Waals surface area contributed by atoms with Crippen molar-refractivity contribution < 1.29 is 9.72 Å². The highest BCUT2D eigenvalue weighted by atomic mass is 32.1. The minimum absolute atomic E-state index is 0.0136. The Morgan fingerprint density at radius 2 is 1.79 bits per heavy atom. The fourth-order valence-corrected chi connectivity index (χ4v) is 2.83. The van der Waals surface area contributed by atoms with E-state index in [1.54, 1.807) is 12.1 Å². The van der Waals surface area contributed by atoms with Crippen LogP contribution in [-0.4, -0.2) is 21.0 Å². The molecule has 0 aliphatic rings. The van der Waals surface area contributed by atoms with Gasteiger partial charge in [0.1, 0.15) is 5.01 Å². The molecule has 2 aromatic carbocycles. The maximum Gasteiger partial charge on any atom is 0.269 e. The van der Waals surface area contributed by atoms with Gasteiger partial charge in [0.15, 0.2) is 0 Å². The van der Waals surface area contributed by atoms with Crippen LogP contribution in [0.5, 0.6) is 0 Å². The fourth-order valence-electron chi connectivity index (χ4n) is 2.06. The number of hydrogen-bond donors (Lipinski definition) is 1. The van der Waals surface area contributed by atoms with Gasteiger partial charge in [0, 0.05) is 17.7 Å². The van der Waals surface area contributed by atoms with Gasteiger partial charge in [-0.1, -0.05) is 41.7 Å². The van der Waals surface area contributed by atoms with E-state index >= 15 is 0 Å². The molecule has 0 radical (unpaired) electrons. The standard InChI is InChI=1S/C16H12N4O3S/c21-14(10-11-4-2-1-3-5-11)17-16-19-18-15(24-16)12-6-8-13(9-7-12)20(22)23/h1-9H,10H2,(H,17,19,21). The number of carbonyl (C=O) groups is 1. The van der Waals surface area contributed by atoms with Crippen LogP contribution in [0.2, 0.25) is 0 Å². The highest BCUT2D eigenvalue weighted by Crippen LogP contribution is 2.27. The van der Waals surface area contributed by atoms with E-state index in [2.05, 4.69) is 15.5 Å². The monoisotopic (exact) mass is 340 g/mol. The summed E-state index contributed by atoms with van der Waals surface area (Å²) in [4.78, 5) is 22.2. The Bertz CT molecular complexity index is 863. The first-order chi connectivity index (χ1) is 11.6. The molecular formula is C16H12N4O3S. The molecule has 0 unspecified atom stereocenters. The molecule has 8 heteroatoms. The van der Waals surface area contributed by atoms with Crippen molar-refractivity contribution in [2.75, 3.05) is 5.32 Å². The number of anilines is 1. The minimum Gasteiger partial charge on any atom is -0.300 e. The molecule has 1 heterocycles. The van der Waals surface area contributed by atoms with Gasteiger partial charge < -0.3 is 5.32 Å². The normalized spacial score (nSPS) is 10.3. The average molecular weight is 340 g/mol. The van der Waals surface area contributed by atoms with Gasteiger partial charge in [-0.3, -0.25) is 14.9 Å². The summed E-state index contributed by atoms with van der Waals surface area (Å²) in [6.45, 7) is 0. The first-order valence-corrected chi connectivity index (χ1v) is 7.85. The molecule has 0 atom stereocenters. The Hall–Kier alpha value is -3.13. The summed E-state index contributed by atoms with van der Waals surface area (Å²) in [6.07, 6.45) is 0.257. The highest BCUT2D eigenvalue weighted by molar-refractivity contribution is 7.18. The number of non-ortho nitro benzene ring substituents is 1. The molecule has 0 fully saturated rings. The number of nitrogens with zero attached hydrogens (tertiary/aromatic N) is 3. The molecule has 1 N–H and O–H groups in total. The highest BCUT2D eigenvalue weighted by Gasteiger charge is 2.11. The maximum atomic E-state index is 12.0. The van der Waals surface area contributed by atoms with Crippen molar-refractivity contribution in [3.63, 3.8) is 0 Å². The number of amides is 1. The summed E-state index contributed by atoms with van der Waals surface area (Å²) >= 11 is 1.22. The minimum atomic E-state index is -0.459. The maximum absolute atomic E-state index is 12.0. The van der Waals surface area contributed by atoms with E-state index in [1.165, 1.54) is 23.5 Å². The summed E-state index contributed by atoms with van der Waals surface area (Å²) in [7, 11) is 0. The molecule has 0 aliphatic carbocycles. The molecule has 0 aliphatic heterocycles. The van der Waals surface area contributed by atoms with E-state index < -0.39 is 4.92 Å². The van der Waals surface area contributed by atoms with Crippen molar-refractivity contribution >= 4 is 28.1 Å². The second-order valence-electron chi connectivity index (χ2n) is 4.93. The molecule has 0 bridgehead atoms. The molecule has 0 saturated carbocycles. The predicted octanol–water partition coefficient (Wildman–Crippen LogP) is 3.29. The molecular weight excluding hydrogens is 328 g/mol. The van der Waals surface area contributed by atoms with Gasteiger partial charge in [0.2, 0.25) is 11.0 Å². The van der Waals surface area contributed by atoms with E-state index in [-0.39, 0.29) is 18.0 Å². The lowest BCUT2D eigenvalue weighted by molar-refractivity contribution is -0.384. The third-order valence-electron chi connectivity index (χ3n) is 3.20. The van der Waals surface area contributed by atoms with Crippen molar-refractivity contribution in [2.24, 2.45) is 0 Å². The van der Waals surface area contributed by atoms with Gasteiger partial charge in [-0.25, -0.2) is 0 Å². The molecule has 3 rings (SSSR count). The van der Waals surface area contributed by atoms with Gasteiger partial charge >= 0.3 is 0 Å². The fraction of sp³-hybridized carbons (Fsp3) is 0.0625. The summed E-state index contributed by atoms with van der Waals surface area (Å²) in [5.41, 5.74) is 1.64. The Morgan fingerprint density at radius 3 is 2.46 bits per heavy atom. The summed E-state index contributed by atoms with van der Waals surface area (Å²) < 4.78 is 0. The number of hydrogen-bond acceptors (Lipinski definition) is 6. The van der Waals surface area contributed by atoms with Crippen LogP contribution in [0.1, 0.15) is 5.56 Å². The molecule has 0 spiro atoms. The van der Waals surface area contributed by atoms with Crippen LogP contribution in [-0.2, 0) is 11.2 Å².